The lowest BCUT2D eigenvalue weighted by Crippen LogP contribution is -2.41. The molecule has 9 heteroatoms. The number of piperidine rings is 1. The molecule has 1 N–H and O–H groups in total. The molecule has 178 valence electrons. The first kappa shape index (κ1) is 24.4. The minimum atomic E-state index is -3.53. The van der Waals surface area contributed by atoms with Gasteiger partial charge in [0.05, 0.1) is 4.90 Å². The number of carbonyl (C=O) groups excluding carboxylic acids is 1. The van der Waals surface area contributed by atoms with E-state index in [1.165, 1.54) is 16.1 Å². The zero-order valence-corrected chi connectivity index (χ0v) is 21.1. The minimum Gasteiger partial charge on any atom is -0.326 e. The molecule has 2 heterocycles. The molecule has 34 heavy (non-hydrogen) atoms. The summed E-state index contributed by atoms with van der Waals surface area (Å²) in [7, 11) is -3.53. The fraction of sp³-hybridized carbons (Fsp3) is 0.320. The Morgan fingerprint density at radius 2 is 1.53 bits per heavy atom. The van der Waals surface area contributed by atoms with E-state index in [-0.39, 0.29) is 11.8 Å². The third kappa shape index (κ3) is 5.84. The Bertz CT molecular complexity index is 1250. The normalized spacial score (nSPS) is 15.3. The van der Waals surface area contributed by atoms with Crippen molar-refractivity contribution in [1.82, 2.24) is 14.3 Å². The minimum absolute atomic E-state index is 0.0783. The fourth-order valence-electron chi connectivity index (χ4n) is 3.91. The lowest BCUT2D eigenvalue weighted by Gasteiger charge is -2.30. The van der Waals surface area contributed by atoms with Gasteiger partial charge in [-0.2, -0.15) is 4.31 Å². The first-order chi connectivity index (χ1) is 16.2. The highest BCUT2D eigenvalue weighted by molar-refractivity contribution is 7.99. The zero-order valence-electron chi connectivity index (χ0n) is 19.5. The van der Waals surface area contributed by atoms with Crippen LogP contribution in [-0.2, 0) is 14.8 Å². The number of hydrogen-bond acceptors (Lipinski definition) is 6. The van der Waals surface area contributed by atoms with Crippen molar-refractivity contribution in [1.29, 1.82) is 0 Å². The molecule has 0 unspecified atom stereocenters. The molecule has 0 radical (unpaired) electrons. The number of aromatic nitrogens is 2. The van der Waals surface area contributed by atoms with E-state index < -0.39 is 10.0 Å². The van der Waals surface area contributed by atoms with Gasteiger partial charge in [-0.25, -0.2) is 18.4 Å². The van der Waals surface area contributed by atoms with Crippen LogP contribution in [0, 0.1) is 26.7 Å². The summed E-state index contributed by atoms with van der Waals surface area (Å²) in [6.07, 6.45) is 0.990. The molecule has 1 aromatic heterocycles. The van der Waals surface area contributed by atoms with E-state index in [1.54, 1.807) is 24.3 Å². The lowest BCUT2D eigenvalue weighted by atomic mass is 9.97. The van der Waals surface area contributed by atoms with Crippen LogP contribution in [0.4, 0.5) is 5.69 Å². The molecule has 0 saturated carbocycles. The molecule has 7 nitrogen and oxygen atoms in total. The number of aryl methyl sites for hydroxylation is 3. The van der Waals surface area contributed by atoms with Gasteiger partial charge in [0.25, 0.3) is 0 Å². The van der Waals surface area contributed by atoms with Crippen molar-refractivity contribution in [3.63, 3.8) is 0 Å². The number of nitrogens with one attached hydrogen (secondary N) is 1. The average molecular weight is 497 g/mol. The maximum absolute atomic E-state index is 12.9. The molecule has 4 rings (SSSR count). The number of anilines is 1. The van der Waals surface area contributed by atoms with E-state index in [0.717, 1.165) is 21.8 Å². The molecular weight excluding hydrogens is 468 g/mol. The molecular formula is C25H28N4O3S2. The number of nitrogens with zero attached hydrogens (tertiary/aromatic N) is 3. The van der Waals surface area contributed by atoms with Crippen LogP contribution in [0.25, 0.3) is 0 Å². The molecule has 1 fully saturated rings. The van der Waals surface area contributed by atoms with Crippen LogP contribution >= 0.6 is 11.8 Å². The molecule has 1 saturated heterocycles. The van der Waals surface area contributed by atoms with Gasteiger partial charge >= 0.3 is 0 Å². The van der Waals surface area contributed by atoms with E-state index in [0.29, 0.717) is 41.7 Å². The predicted octanol–water partition coefficient (Wildman–Crippen LogP) is 4.59. The molecule has 2 aromatic carbocycles. The monoisotopic (exact) mass is 496 g/mol. The van der Waals surface area contributed by atoms with Crippen molar-refractivity contribution >= 4 is 33.4 Å². The van der Waals surface area contributed by atoms with Crippen molar-refractivity contribution in [2.45, 2.75) is 48.6 Å². The Kier molecular flexibility index (Phi) is 7.35. The second kappa shape index (κ2) is 10.2. The van der Waals surface area contributed by atoms with Gasteiger partial charge in [0, 0.05) is 41.0 Å². The summed E-state index contributed by atoms with van der Waals surface area (Å²) < 4.78 is 27.2. The van der Waals surface area contributed by atoms with Gasteiger partial charge in [-0.1, -0.05) is 17.7 Å². The highest BCUT2D eigenvalue weighted by atomic mass is 32.2. The number of sulfonamides is 1. The zero-order chi connectivity index (χ0) is 24.3. The SMILES string of the molecule is Cc1ccc(S(=O)(=O)N2CCC(C(=O)Nc3ccc(Sc4nc(C)cc(C)n4)cc3)CC2)cc1. The molecule has 0 spiro atoms. The smallest absolute Gasteiger partial charge is 0.243 e. The van der Waals surface area contributed by atoms with Gasteiger partial charge in [-0.15, -0.1) is 0 Å². The second-order valence-corrected chi connectivity index (χ2v) is 11.5. The van der Waals surface area contributed by atoms with Crippen molar-refractivity contribution in [2.24, 2.45) is 5.92 Å². The van der Waals surface area contributed by atoms with Crippen LogP contribution < -0.4 is 5.32 Å². The van der Waals surface area contributed by atoms with Gasteiger partial charge in [-0.3, -0.25) is 4.79 Å². The van der Waals surface area contributed by atoms with Crippen molar-refractivity contribution in [2.75, 3.05) is 18.4 Å². The molecule has 0 bridgehead atoms. The Labute approximate surface area is 205 Å². The number of carbonyl (C=O) groups is 1. The summed E-state index contributed by atoms with van der Waals surface area (Å²) in [5, 5.41) is 3.66. The fourth-order valence-corrected chi connectivity index (χ4v) is 6.24. The van der Waals surface area contributed by atoms with Crippen LogP contribution in [0.2, 0.25) is 0 Å². The number of hydrogen-bond donors (Lipinski definition) is 1. The highest BCUT2D eigenvalue weighted by Gasteiger charge is 2.32. The molecule has 1 aliphatic rings. The number of amides is 1. The first-order valence-electron chi connectivity index (χ1n) is 11.2. The van der Waals surface area contributed by atoms with Crippen LogP contribution in [0.5, 0.6) is 0 Å². The van der Waals surface area contributed by atoms with E-state index in [4.69, 9.17) is 0 Å². The summed E-state index contributed by atoms with van der Waals surface area (Å²) in [5.74, 6) is -0.299. The molecule has 0 atom stereocenters. The molecule has 1 aliphatic heterocycles. The average Bonchev–Trinajstić information content (AvgIpc) is 2.80. The summed E-state index contributed by atoms with van der Waals surface area (Å²) >= 11 is 1.48. The number of benzene rings is 2. The van der Waals surface area contributed by atoms with Gasteiger partial charge in [0.2, 0.25) is 15.9 Å². The maximum Gasteiger partial charge on any atom is 0.243 e. The van der Waals surface area contributed by atoms with Gasteiger partial charge in [-0.05, 0) is 87.8 Å². The van der Waals surface area contributed by atoms with E-state index >= 15 is 0 Å². The van der Waals surface area contributed by atoms with Gasteiger partial charge in [0.15, 0.2) is 5.16 Å². The van der Waals surface area contributed by atoms with Crippen LogP contribution in [0.15, 0.2) is 69.5 Å². The summed E-state index contributed by atoms with van der Waals surface area (Å²) in [6.45, 7) is 6.48. The second-order valence-electron chi connectivity index (χ2n) is 8.54. The Morgan fingerprint density at radius 1 is 0.941 bits per heavy atom. The predicted molar refractivity (Wildman–Crippen MR) is 133 cm³/mol. The molecule has 1 amide bonds. The molecule has 3 aromatic rings. The van der Waals surface area contributed by atoms with E-state index in [1.807, 2.05) is 51.1 Å². The van der Waals surface area contributed by atoms with Crippen LogP contribution in [0.1, 0.15) is 29.8 Å². The summed E-state index contributed by atoms with van der Waals surface area (Å²) in [4.78, 5) is 22.9. The Balaban J connectivity index is 1.32. The van der Waals surface area contributed by atoms with E-state index in [9.17, 15) is 13.2 Å². The molecule has 0 aliphatic carbocycles. The summed E-state index contributed by atoms with van der Waals surface area (Å²) in [6, 6.07) is 16.4. The third-order valence-corrected chi connectivity index (χ3v) is 8.56. The topological polar surface area (TPSA) is 92.3 Å². The number of rotatable bonds is 6. The van der Waals surface area contributed by atoms with Crippen LogP contribution in [-0.4, -0.2) is 41.7 Å². The third-order valence-electron chi connectivity index (χ3n) is 5.78. The van der Waals surface area contributed by atoms with Crippen LogP contribution in [0.3, 0.4) is 0 Å². The van der Waals surface area contributed by atoms with Crippen molar-refractivity contribution in [3.05, 3.63) is 71.5 Å². The maximum atomic E-state index is 12.9. The first-order valence-corrected chi connectivity index (χ1v) is 13.4. The van der Waals surface area contributed by atoms with E-state index in [2.05, 4.69) is 15.3 Å². The van der Waals surface area contributed by atoms with Gasteiger partial charge < -0.3 is 5.32 Å². The largest absolute Gasteiger partial charge is 0.326 e. The van der Waals surface area contributed by atoms with Gasteiger partial charge in [0.1, 0.15) is 0 Å². The lowest BCUT2D eigenvalue weighted by molar-refractivity contribution is -0.120. The quantitative estimate of drug-likeness (QED) is 0.502. The Morgan fingerprint density at radius 3 is 2.12 bits per heavy atom. The summed E-state index contributed by atoms with van der Waals surface area (Å²) in [5.41, 5.74) is 3.58. The van der Waals surface area contributed by atoms with Crippen molar-refractivity contribution < 1.29 is 13.2 Å². The Hall–Kier alpha value is -2.75. The standard InChI is InChI=1S/C25H28N4O3S2/c1-17-4-10-23(11-5-17)34(31,32)29-14-12-20(13-15-29)24(30)28-21-6-8-22(9-7-21)33-25-26-18(2)16-19(3)27-25/h4-11,16,20H,12-15H2,1-3H3,(H,28,30). The van der Waals surface area contributed by atoms with Crippen molar-refractivity contribution in [3.8, 4) is 0 Å². The highest BCUT2D eigenvalue weighted by Crippen LogP contribution is 2.28.